The van der Waals surface area contributed by atoms with E-state index in [1.807, 2.05) is 0 Å². The van der Waals surface area contributed by atoms with Crippen LogP contribution in [0.1, 0.15) is 46.7 Å². The number of fused-ring (bicyclic) bond motifs is 1. The van der Waals surface area contributed by atoms with Gasteiger partial charge in [0, 0.05) is 18.8 Å². The first-order chi connectivity index (χ1) is 16.3. The van der Waals surface area contributed by atoms with Gasteiger partial charge in [0.15, 0.2) is 0 Å². The number of nitrogens with one attached hydrogen (secondary N) is 1. The van der Waals surface area contributed by atoms with Crippen molar-refractivity contribution >= 4 is 11.6 Å². The molecule has 1 aliphatic rings. The number of alkyl halides is 6. The van der Waals surface area contributed by atoms with Gasteiger partial charge in [0.2, 0.25) is 0 Å². The summed E-state index contributed by atoms with van der Waals surface area (Å²) < 4.78 is 94.4. The lowest BCUT2D eigenvalue weighted by atomic mass is 9.94. The van der Waals surface area contributed by atoms with Gasteiger partial charge in [-0.05, 0) is 65.9 Å². The molecule has 0 spiro atoms. The number of aromatic nitrogens is 4. The average molecular weight is 502 g/mol. The van der Waals surface area contributed by atoms with Gasteiger partial charge in [-0.15, -0.1) is 5.10 Å². The maximum absolute atomic E-state index is 14.1. The largest absolute Gasteiger partial charge is 0.416 e. The molecule has 1 unspecified atom stereocenters. The number of rotatable bonds is 4. The van der Waals surface area contributed by atoms with Gasteiger partial charge < -0.3 is 10.2 Å². The molecule has 2 aromatic carbocycles. The molecule has 0 fully saturated rings. The van der Waals surface area contributed by atoms with Crippen LogP contribution in [0.2, 0.25) is 0 Å². The fourth-order valence-corrected chi connectivity index (χ4v) is 4.27. The molecular weight excluding hydrogens is 481 g/mol. The van der Waals surface area contributed by atoms with E-state index in [4.69, 9.17) is 0 Å². The van der Waals surface area contributed by atoms with Gasteiger partial charge in [-0.1, -0.05) is 11.2 Å². The van der Waals surface area contributed by atoms with Crippen molar-refractivity contribution in [1.29, 1.82) is 0 Å². The molecule has 0 saturated carbocycles. The molecule has 1 atom stereocenters. The fourth-order valence-electron chi connectivity index (χ4n) is 4.27. The molecule has 0 bridgehead atoms. The highest BCUT2D eigenvalue weighted by molar-refractivity contribution is 5.60. The summed E-state index contributed by atoms with van der Waals surface area (Å²) in [5, 5.41) is 14.9. The molecule has 35 heavy (non-hydrogen) atoms. The molecule has 13 heteroatoms. The van der Waals surface area contributed by atoms with E-state index < -0.39 is 35.3 Å². The molecule has 1 aromatic heterocycles. The number of hydrogen-bond acceptors (Lipinski definition) is 5. The van der Waals surface area contributed by atoms with Crippen LogP contribution in [0.5, 0.6) is 0 Å². The number of aryl methyl sites for hydroxylation is 2. The maximum atomic E-state index is 14.1. The maximum Gasteiger partial charge on any atom is 0.416 e. The van der Waals surface area contributed by atoms with Crippen LogP contribution >= 0.6 is 0 Å². The van der Waals surface area contributed by atoms with Gasteiger partial charge >= 0.3 is 12.4 Å². The third-order valence-electron chi connectivity index (χ3n) is 5.80. The summed E-state index contributed by atoms with van der Waals surface area (Å²) in [6.07, 6.45) is -8.32. The number of nitrogens with zero attached hydrogens (tertiary/aromatic N) is 5. The summed E-state index contributed by atoms with van der Waals surface area (Å²) in [6, 6.07) is 4.06. The number of hydrogen-bond donors (Lipinski definition) is 1. The molecular formula is C22H21F7N6. The SMILES string of the molecule is Cc1cc2c(cc1C(F)(F)F)NCCCC2N(Cc1cc(F)cc(C(F)(F)F)c1)c1nnn(C)n1. The Morgan fingerprint density at radius 3 is 2.43 bits per heavy atom. The van der Waals surface area contributed by atoms with Gasteiger partial charge in [0.1, 0.15) is 5.82 Å². The van der Waals surface area contributed by atoms with E-state index in [0.717, 1.165) is 23.0 Å². The number of tetrazole rings is 1. The molecule has 0 radical (unpaired) electrons. The first kappa shape index (κ1) is 24.7. The molecule has 2 heterocycles. The van der Waals surface area contributed by atoms with E-state index in [0.29, 0.717) is 31.0 Å². The Hall–Kier alpha value is -3.38. The van der Waals surface area contributed by atoms with Gasteiger partial charge in [-0.25, -0.2) is 4.39 Å². The summed E-state index contributed by atoms with van der Waals surface area (Å²) in [5.41, 5.74) is -1.15. The van der Waals surface area contributed by atoms with Gasteiger partial charge in [0.25, 0.3) is 5.95 Å². The summed E-state index contributed by atoms with van der Waals surface area (Å²) in [6.45, 7) is 1.51. The van der Waals surface area contributed by atoms with Crippen LogP contribution in [-0.2, 0) is 25.9 Å². The van der Waals surface area contributed by atoms with Crippen molar-refractivity contribution < 1.29 is 30.7 Å². The van der Waals surface area contributed by atoms with E-state index >= 15 is 0 Å². The Labute approximate surface area is 195 Å². The van der Waals surface area contributed by atoms with Crippen LogP contribution in [0.25, 0.3) is 0 Å². The van der Waals surface area contributed by atoms with Gasteiger partial charge in [-0.3, -0.25) is 0 Å². The second-order valence-electron chi connectivity index (χ2n) is 8.39. The highest BCUT2D eigenvalue weighted by Crippen LogP contribution is 2.42. The van der Waals surface area contributed by atoms with Crippen molar-refractivity contribution in [3.8, 4) is 0 Å². The predicted molar refractivity (Wildman–Crippen MR) is 113 cm³/mol. The van der Waals surface area contributed by atoms with E-state index in [1.165, 1.54) is 20.0 Å². The van der Waals surface area contributed by atoms with Crippen molar-refractivity contribution in [2.45, 2.75) is 44.7 Å². The topological polar surface area (TPSA) is 58.9 Å². The molecule has 0 saturated heterocycles. The molecule has 188 valence electrons. The Morgan fingerprint density at radius 2 is 1.80 bits per heavy atom. The summed E-state index contributed by atoms with van der Waals surface area (Å²) in [7, 11) is 1.50. The third-order valence-corrected chi connectivity index (χ3v) is 5.80. The molecule has 1 N–H and O–H groups in total. The quantitative estimate of drug-likeness (QED) is 0.468. The number of anilines is 2. The monoisotopic (exact) mass is 502 g/mol. The van der Waals surface area contributed by atoms with Crippen LogP contribution in [0, 0.1) is 12.7 Å². The molecule has 4 rings (SSSR count). The normalized spacial score (nSPS) is 16.4. The molecule has 1 aliphatic heterocycles. The van der Waals surface area contributed by atoms with Crippen LogP contribution in [-0.4, -0.2) is 26.8 Å². The minimum absolute atomic E-state index is 0.00196. The average Bonchev–Trinajstić information content (AvgIpc) is 3.06. The molecule has 3 aromatic rings. The summed E-state index contributed by atoms with van der Waals surface area (Å²) in [5.74, 6) is -1.00. The first-order valence-corrected chi connectivity index (χ1v) is 10.7. The van der Waals surface area contributed by atoms with Crippen molar-refractivity contribution in [1.82, 2.24) is 20.2 Å². The second kappa shape index (κ2) is 9.00. The van der Waals surface area contributed by atoms with Crippen LogP contribution in [0.3, 0.4) is 0 Å². The zero-order valence-electron chi connectivity index (χ0n) is 18.7. The fraction of sp³-hybridized carbons (Fsp3) is 0.409. The minimum Gasteiger partial charge on any atom is -0.385 e. The van der Waals surface area contributed by atoms with E-state index in [9.17, 15) is 30.7 Å². The first-order valence-electron chi connectivity index (χ1n) is 10.7. The van der Waals surface area contributed by atoms with Crippen molar-refractivity contribution in [3.63, 3.8) is 0 Å². The van der Waals surface area contributed by atoms with E-state index in [2.05, 4.69) is 20.7 Å². The minimum atomic E-state index is -4.75. The lowest BCUT2D eigenvalue weighted by molar-refractivity contribution is -0.138. The highest BCUT2D eigenvalue weighted by atomic mass is 19.4. The smallest absolute Gasteiger partial charge is 0.385 e. The number of benzene rings is 2. The summed E-state index contributed by atoms with van der Waals surface area (Å²) in [4.78, 5) is 2.70. The second-order valence-corrected chi connectivity index (χ2v) is 8.39. The van der Waals surface area contributed by atoms with Crippen molar-refractivity contribution in [2.75, 3.05) is 16.8 Å². The summed E-state index contributed by atoms with van der Waals surface area (Å²) >= 11 is 0. The predicted octanol–water partition coefficient (Wildman–Crippen LogP) is 5.65. The Balaban J connectivity index is 1.82. The lowest BCUT2D eigenvalue weighted by Gasteiger charge is -2.32. The van der Waals surface area contributed by atoms with Crippen molar-refractivity contribution in [3.05, 3.63) is 64.0 Å². The van der Waals surface area contributed by atoms with Crippen LogP contribution < -0.4 is 10.2 Å². The Morgan fingerprint density at radius 1 is 1.06 bits per heavy atom. The molecule has 0 aliphatic carbocycles. The zero-order chi connectivity index (χ0) is 25.5. The zero-order valence-corrected chi connectivity index (χ0v) is 18.7. The molecule has 0 amide bonds. The number of halogens is 7. The van der Waals surface area contributed by atoms with Crippen LogP contribution in [0.4, 0.5) is 42.4 Å². The Bertz CT molecular complexity index is 1220. The van der Waals surface area contributed by atoms with E-state index in [-0.39, 0.29) is 29.3 Å². The lowest BCUT2D eigenvalue weighted by Crippen LogP contribution is -2.30. The van der Waals surface area contributed by atoms with Gasteiger partial charge in [0.05, 0.1) is 24.2 Å². The van der Waals surface area contributed by atoms with Crippen LogP contribution in [0.15, 0.2) is 30.3 Å². The van der Waals surface area contributed by atoms with Crippen molar-refractivity contribution in [2.24, 2.45) is 7.05 Å². The molecule has 6 nitrogen and oxygen atoms in total. The van der Waals surface area contributed by atoms with E-state index in [1.54, 1.807) is 4.90 Å². The van der Waals surface area contributed by atoms with Gasteiger partial charge in [-0.2, -0.15) is 31.1 Å². The third kappa shape index (κ3) is 5.33. The standard InChI is InChI=1S/C22H21F7N6/c1-12-6-16-18(10-17(12)22(27,28)29)30-5-3-4-19(16)35(20-31-33-34(2)32-20)11-13-7-14(21(24,25)26)9-15(23)8-13/h6-10,19,30H,3-5,11H2,1-2H3. The Kier molecular flexibility index (Phi) is 6.36. The highest BCUT2D eigenvalue weighted by Gasteiger charge is 2.36.